The van der Waals surface area contributed by atoms with Gasteiger partial charge in [0.15, 0.2) is 4.34 Å². The van der Waals surface area contributed by atoms with Gasteiger partial charge in [-0.2, -0.15) is 4.39 Å². The number of nitro groups is 1. The van der Waals surface area contributed by atoms with Crippen LogP contribution in [0.25, 0.3) is 0 Å². The summed E-state index contributed by atoms with van der Waals surface area (Å²) >= 11 is 2.19. The van der Waals surface area contributed by atoms with E-state index < -0.39 is 34.2 Å². The van der Waals surface area contributed by atoms with Crippen molar-refractivity contribution in [3.8, 4) is 0 Å². The predicted molar refractivity (Wildman–Crippen MR) is 109 cm³/mol. The fourth-order valence-corrected chi connectivity index (χ4v) is 4.34. The minimum atomic E-state index is -1.01. The Labute approximate surface area is 183 Å². The number of nitrogens with zero attached hydrogens (tertiary/aromatic N) is 4. The molecule has 1 N–H and O–H groups in total. The average molecular weight is 469 g/mol. The summed E-state index contributed by atoms with van der Waals surface area (Å²) < 4.78 is 18.8. The lowest BCUT2D eigenvalue weighted by Crippen LogP contribution is -2.28. The Morgan fingerprint density at radius 3 is 2.94 bits per heavy atom. The molecule has 2 aromatic rings. The van der Waals surface area contributed by atoms with Crippen molar-refractivity contribution >= 4 is 57.4 Å². The standard InChI is InChI=1S/C17H16FN5O6S2/c1-2-29-14(25)8-30-17-21-20-16(31-17)19-15(26)9-5-13(24)22(7-9)10-3-4-11(18)12(6-10)23(27)28/h3-4,6,9H,2,5,7-8H2,1H3,(H,19,20,26). The van der Waals surface area contributed by atoms with Crippen LogP contribution in [0.4, 0.5) is 20.9 Å². The van der Waals surface area contributed by atoms with E-state index in [0.29, 0.717) is 4.34 Å². The molecular weight excluding hydrogens is 453 g/mol. The molecule has 1 aliphatic rings. The van der Waals surface area contributed by atoms with E-state index in [9.17, 15) is 28.9 Å². The zero-order valence-electron chi connectivity index (χ0n) is 16.1. The van der Waals surface area contributed by atoms with Crippen LogP contribution in [-0.2, 0) is 19.1 Å². The van der Waals surface area contributed by atoms with Crippen molar-refractivity contribution < 1.29 is 28.4 Å². The second-order valence-corrected chi connectivity index (χ2v) is 8.45. The largest absolute Gasteiger partial charge is 0.465 e. The Hall–Kier alpha value is -3.13. The zero-order chi connectivity index (χ0) is 22.5. The molecule has 0 spiro atoms. The number of rotatable bonds is 8. The molecule has 11 nitrogen and oxygen atoms in total. The molecule has 0 bridgehead atoms. The number of thioether (sulfide) groups is 1. The summed E-state index contributed by atoms with van der Waals surface area (Å²) in [6.45, 7) is 1.96. The molecule has 1 aliphatic heterocycles. The fraction of sp³-hybridized carbons (Fsp3) is 0.353. The molecule has 1 aromatic carbocycles. The molecule has 164 valence electrons. The number of aromatic nitrogens is 2. The summed E-state index contributed by atoms with van der Waals surface area (Å²) in [6.07, 6.45) is -0.111. The first-order valence-corrected chi connectivity index (χ1v) is 10.8. The first-order valence-electron chi connectivity index (χ1n) is 8.95. The summed E-state index contributed by atoms with van der Waals surface area (Å²) in [5.41, 5.74) is -0.609. The number of nitro benzene ring substituents is 1. The van der Waals surface area contributed by atoms with E-state index in [-0.39, 0.29) is 42.1 Å². The smallest absolute Gasteiger partial charge is 0.316 e. The van der Waals surface area contributed by atoms with E-state index in [2.05, 4.69) is 15.5 Å². The van der Waals surface area contributed by atoms with Gasteiger partial charge in [0.1, 0.15) is 0 Å². The molecule has 1 fully saturated rings. The maximum Gasteiger partial charge on any atom is 0.316 e. The van der Waals surface area contributed by atoms with Crippen LogP contribution < -0.4 is 10.2 Å². The van der Waals surface area contributed by atoms with Crippen LogP contribution in [0.2, 0.25) is 0 Å². The SMILES string of the molecule is CCOC(=O)CSc1nnc(NC(=O)C2CC(=O)N(c3ccc(F)c([N+](=O)[O-])c3)C2)s1. The third kappa shape index (κ3) is 5.52. The van der Waals surface area contributed by atoms with Crippen LogP contribution in [0.3, 0.4) is 0 Å². The first kappa shape index (κ1) is 22.6. The van der Waals surface area contributed by atoms with E-state index in [1.807, 2.05) is 0 Å². The number of hydrogen-bond donors (Lipinski definition) is 1. The minimum Gasteiger partial charge on any atom is -0.465 e. The second kappa shape index (κ2) is 9.78. The summed E-state index contributed by atoms with van der Waals surface area (Å²) in [4.78, 5) is 47.5. The number of halogens is 1. The molecular formula is C17H16FN5O6S2. The number of esters is 1. The van der Waals surface area contributed by atoms with Crippen LogP contribution in [0.1, 0.15) is 13.3 Å². The predicted octanol–water partition coefficient (Wildman–Crippen LogP) is 2.23. The molecule has 0 radical (unpaired) electrons. The molecule has 1 atom stereocenters. The highest BCUT2D eigenvalue weighted by atomic mass is 32.2. The van der Waals surface area contributed by atoms with Crippen LogP contribution >= 0.6 is 23.1 Å². The van der Waals surface area contributed by atoms with E-state index in [1.54, 1.807) is 6.92 Å². The normalized spacial score (nSPS) is 15.7. The molecule has 2 heterocycles. The lowest BCUT2D eigenvalue weighted by molar-refractivity contribution is -0.387. The van der Waals surface area contributed by atoms with Gasteiger partial charge < -0.3 is 15.0 Å². The molecule has 14 heteroatoms. The molecule has 0 aliphatic carbocycles. The van der Waals surface area contributed by atoms with Crippen molar-refractivity contribution in [3.05, 3.63) is 34.1 Å². The number of hydrogen-bond acceptors (Lipinski definition) is 10. The van der Waals surface area contributed by atoms with Gasteiger partial charge in [-0.25, -0.2) is 0 Å². The maximum atomic E-state index is 13.5. The number of amides is 2. The summed E-state index contributed by atoms with van der Waals surface area (Å²) in [5.74, 6) is -2.95. The van der Waals surface area contributed by atoms with Gasteiger partial charge in [-0.15, -0.1) is 10.2 Å². The quantitative estimate of drug-likeness (QED) is 0.202. The lowest BCUT2D eigenvalue weighted by Gasteiger charge is -2.16. The number of carbonyl (C=O) groups excluding carboxylic acids is 3. The van der Waals surface area contributed by atoms with E-state index in [1.165, 1.54) is 11.0 Å². The number of ether oxygens (including phenoxy) is 1. The highest BCUT2D eigenvalue weighted by molar-refractivity contribution is 8.01. The van der Waals surface area contributed by atoms with Crippen LogP contribution in [0.5, 0.6) is 0 Å². The Kier molecular flexibility index (Phi) is 7.12. The van der Waals surface area contributed by atoms with Crippen molar-refractivity contribution in [2.45, 2.75) is 17.7 Å². The number of anilines is 2. The first-order chi connectivity index (χ1) is 14.8. The summed E-state index contributed by atoms with van der Waals surface area (Å²) in [7, 11) is 0. The van der Waals surface area contributed by atoms with Crippen LogP contribution in [-0.4, -0.2) is 51.8 Å². The van der Waals surface area contributed by atoms with Gasteiger partial charge in [-0.3, -0.25) is 24.5 Å². The van der Waals surface area contributed by atoms with Gasteiger partial charge in [0.2, 0.25) is 22.8 Å². The fourth-order valence-electron chi connectivity index (χ4n) is 2.79. The van der Waals surface area contributed by atoms with Crippen molar-refractivity contribution in [2.24, 2.45) is 5.92 Å². The van der Waals surface area contributed by atoms with Crippen molar-refractivity contribution in [1.29, 1.82) is 0 Å². The third-order valence-corrected chi connectivity index (χ3v) is 6.13. The second-order valence-electron chi connectivity index (χ2n) is 6.25. The van der Waals surface area contributed by atoms with Gasteiger partial charge in [0.25, 0.3) is 0 Å². The minimum absolute atomic E-state index is 0.0171. The molecule has 31 heavy (non-hydrogen) atoms. The van der Waals surface area contributed by atoms with Gasteiger partial charge in [-0.1, -0.05) is 23.1 Å². The number of nitrogens with one attached hydrogen (secondary N) is 1. The topological polar surface area (TPSA) is 145 Å². The highest BCUT2D eigenvalue weighted by Crippen LogP contribution is 2.31. The van der Waals surface area contributed by atoms with E-state index in [0.717, 1.165) is 35.2 Å². The Morgan fingerprint density at radius 1 is 1.45 bits per heavy atom. The van der Waals surface area contributed by atoms with Crippen molar-refractivity contribution in [1.82, 2.24) is 10.2 Å². The third-order valence-electron chi connectivity index (χ3n) is 4.19. The molecule has 3 rings (SSSR count). The summed E-state index contributed by atoms with van der Waals surface area (Å²) in [5, 5.41) is 21.4. The van der Waals surface area contributed by atoms with E-state index in [4.69, 9.17) is 4.74 Å². The van der Waals surface area contributed by atoms with Gasteiger partial charge in [-0.05, 0) is 19.1 Å². The highest BCUT2D eigenvalue weighted by Gasteiger charge is 2.36. The van der Waals surface area contributed by atoms with Gasteiger partial charge >= 0.3 is 11.7 Å². The van der Waals surface area contributed by atoms with Gasteiger partial charge in [0.05, 0.1) is 28.9 Å². The molecule has 1 saturated heterocycles. The van der Waals surface area contributed by atoms with Gasteiger partial charge in [0, 0.05) is 19.0 Å². The molecule has 1 aromatic heterocycles. The number of carbonyl (C=O) groups is 3. The molecule has 0 saturated carbocycles. The Bertz CT molecular complexity index is 1030. The lowest BCUT2D eigenvalue weighted by atomic mass is 10.1. The Balaban J connectivity index is 1.60. The van der Waals surface area contributed by atoms with Crippen molar-refractivity contribution in [3.63, 3.8) is 0 Å². The van der Waals surface area contributed by atoms with Crippen molar-refractivity contribution in [2.75, 3.05) is 29.1 Å². The monoisotopic (exact) mass is 469 g/mol. The van der Waals surface area contributed by atoms with E-state index >= 15 is 0 Å². The number of benzene rings is 1. The maximum absolute atomic E-state index is 13.5. The summed E-state index contributed by atoms with van der Waals surface area (Å²) in [6, 6.07) is 3.12. The average Bonchev–Trinajstić information content (AvgIpc) is 3.33. The zero-order valence-corrected chi connectivity index (χ0v) is 17.7. The molecule has 1 unspecified atom stereocenters. The van der Waals surface area contributed by atoms with Crippen LogP contribution in [0, 0.1) is 21.8 Å². The van der Waals surface area contributed by atoms with Crippen LogP contribution in [0.15, 0.2) is 22.5 Å². The molecule has 2 amide bonds. The Morgan fingerprint density at radius 2 is 2.23 bits per heavy atom.